The molecule has 0 aliphatic heterocycles. The summed E-state index contributed by atoms with van der Waals surface area (Å²) in [7, 11) is 0. The molecule has 4 N–H and O–H groups in total. The number of amides is 2. The summed E-state index contributed by atoms with van der Waals surface area (Å²) in [5, 5.41) is 12.7. The Kier molecular flexibility index (Phi) is 5.58. The molecule has 1 aromatic carbocycles. The van der Waals surface area contributed by atoms with Crippen molar-refractivity contribution in [2.24, 2.45) is 0 Å². The van der Waals surface area contributed by atoms with Crippen molar-refractivity contribution in [3.63, 3.8) is 0 Å². The summed E-state index contributed by atoms with van der Waals surface area (Å²) >= 11 is 0. The number of rotatable bonds is 4. The molecule has 1 heterocycles. The van der Waals surface area contributed by atoms with Crippen LogP contribution in [-0.4, -0.2) is 27.6 Å². The molecule has 0 radical (unpaired) electrons. The van der Waals surface area contributed by atoms with E-state index in [2.05, 4.69) is 20.0 Å². The molecule has 27 heavy (non-hydrogen) atoms. The lowest BCUT2D eigenvalue weighted by Gasteiger charge is -2.12. The third-order valence-corrected chi connectivity index (χ3v) is 2.70. The van der Waals surface area contributed by atoms with Gasteiger partial charge in [-0.15, -0.1) is 13.2 Å². The lowest BCUT2D eigenvalue weighted by Crippen LogP contribution is -2.22. The van der Waals surface area contributed by atoms with Crippen LogP contribution in [0.2, 0.25) is 0 Å². The second kappa shape index (κ2) is 7.53. The molecule has 0 aliphatic rings. The number of halogens is 6. The van der Waals surface area contributed by atoms with Crippen LogP contribution in [0.1, 0.15) is 5.69 Å². The fraction of sp³-hybridized carbons (Fsp3) is 0.154. The summed E-state index contributed by atoms with van der Waals surface area (Å²) < 4.78 is 77.9. The molecule has 0 saturated carbocycles. The third-order valence-electron chi connectivity index (χ3n) is 2.70. The van der Waals surface area contributed by atoms with Crippen LogP contribution < -0.4 is 20.9 Å². The molecule has 2 rings (SSSR count). The summed E-state index contributed by atoms with van der Waals surface area (Å²) in [5.41, 5.74) is -0.0246. The van der Waals surface area contributed by atoms with Crippen LogP contribution in [0.4, 0.5) is 48.6 Å². The number of carbonyl (C=O) groups is 1. The maximum absolute atomic E-state index is 12.7. The van der Waals surface area contributed by atoms with Gasteiger partial charge in [0.15, 0.2) is 11.5 Å². The second-order valence-electron chi connectivity index (χ2n) is 4.72. The van der Waals surface area contributed by atoms with Crippen LogP contribution >= 0.6 is 0 Å². The topological polar surface area (TPSA) is 108 Å². The number of urea groups is 1. The lowest BCUT2D eigenvalue weighted by atomic mass is 10.3. The number of hydrogen-bond donors (Lipinski definition) is 4. The van der Waals surface area contributed by atoms with Gasteiger partial charge in [0.05, 0.1) is 0 Å². The quantitative estimate of drug-likeness (QED) is 0.461. The average molecular weight is 397 g/mol. The fourth-order valence-corrected chi connectivity index (χ4v) is 1.71. The zero-order valence-electron chi connectivity index (χ0n) is 12.8. The normalized spacial score (nSPS) is 11.7. The van der Waals surface area contributed by atoms with E-state index < -0.39 is 41.8 Å². The van der Waals surface area contributed by atoms with Gasteiger partial charge in [0.25, 0.3) is 0 Å². The maximum Gasteiger partial charge on any atom is 0.573 e. The van der Waals surface area contributed by atoms with Gasteiger partial charge in [-0.05, 0) is 24.3 Å². The van der Waals surface area contributed by atoms with E-state index in [1.54, 1.807) is 0 Å². The maximum atomic E-state index is 12.7. The van der Waals surface area contributed by atoms with Gasteiger partial charge < -0.3 is 10.1 Å². The molecule has 1 aromatic heterocycles. The first kappa shape index (κ1) is 20.0. The number of ether oxygens (including phenoxy) is 1. The molecule has 0 saturated heterocycles. The first-order valence-electron chi connectivity index (χ1n) is 6.76. The Morgan fingerprint density at radius 1 is 1.00 bits per heavy atom. The zero-order chi connectivity index (χ0) is 20.2. The number of anilines is 3. The van der Waals surface area contributed by atoms with Gasteiger partial charge in [-0.3, -0.25) is 16.0 Å². The molecule has 0 spiro atoms. The molecule has 0 unspecified atom stereocenters. The van der Waals surface area contributed by atoms with E-state index >= 15 is 0 Å². The fourth-order valence-electron chi connectivity index (χ4n) is 1.71. The number of benzene rings is 1. The molecule has 0 bridgehead atoms. The SMILES string of the molecule is O=C(Nc1ccc(OC(F)(F)F)cc1)Nc1nc(NO)cc(C(F)(F)F)n1. The second-order valence-corrected chi connectivity index (χ2v) is 4.72. The Bertz CT molecular complexity index is 810. The Balaban J connectivity index is 2.07. The van der Waals surface area contributed by atoms with Crippen LogP contribution in [0.3, 0.4) is 0 Å². The van der Waals surface area contributed by atoms with E-state index in [1.807, 2.05) is 5.32 Å². The van der Waals surface area contributed by atoms with Crippen molar-refractivity contribution in [2.45, 2.75) is 12.5 Å². The summed E-state index contributed by atoms with van der Waals surface area (Å²) in [6.07, 6.45) is -9.75. The highest BCUT2D eigenvalue weighted by Gasteiger charge is 2.34. The number of nitrogens with zero attached hydrogens (tertiary/aromatic N) is 2. The number of aromatic nitrogens is 2. The van der Waals surface area contributed by atoms with Crippen LogP contribution in [0.25, 0.3) is 0 Å². The van der Waals surface area contributed by atoms with Crippen molar-refractivity contribution >= 4 is 23.5 Å². The van der Waals surface area contributed by atoms with Crippen LogP contribution in [0, 0.1) is 0 Å². The van der Waals surface area contributed by atoms with E-state index in [1.165, 1.54) is 5.48 Å². The van der Waals surface area contributed by atoms with Gasteiger partial charge in [0.2, 0.25) is 5.95 Å². The first-order chi connectivity index (χ1) is 12.5. The van der Waals surface area contributed by atoms with Crippen LogP contribution in [-0.2, 0) is 6.18 Å². The minimum atomic E-state index is -4.88. The predicted octanol–water partition coefficient (Wildman–Crippen LogP) is 3.84. The molecule has 0 atom stereocenters. The summed E-state index contributed by atoms with van der Waals surface area (Å²) in [6.45, 7) is 0. The molecule has 0 aliphatic carbocycles. The van der Waals surface area contributed by atoms with Crippen molar-refractivity contribution in [2.75, 3.05) is 16.1 Å². The Hall–Kier alpha value is -3.29. The average Bonchev–Trinajstić information content (AvgIpc) is 2.54. The molecule has 146 valence electrons. The predicted molar refractivity (Wildman–Crippen MR) is 78.2 cm³/mol. The molecule has 8 nitrogen and oxygen atoms in total. The highest BCUT2D eigenvalue weighted by molar-refractivity contribution is 5.98. The van der Waals surface area contributed by atoms with Gasteiger partial charge in [-0.1, -0.05) is 0 Å². The Morgan fingerprint density at radius 3 is 2.15 bits per heavy atom. The van der Waals surface area contributed by atoms with E-state index in [0.29, 0.717) is 6.07 Å². The van der Waals surface area contributed by atoms with E-state index in [9.17, 15) is 31.1 Å². The minimum Gasteiger partial charge on any atom is -0.406 e. The highest BCUT2D eigenvalue weighted by Crippen LogP contribution is 2.29. The van der Waals surface area contributed by atoms with E-state index in [0.717, 1.165) is 24.3 Å². The van der Waals surface area contributed by atoms with Gasteiger partial charge in [-0.2, -0.15) is 18.2 Å². The third kappa shape index (κ3) is 6.18. The van der Waals surface area contributed by atoms with Crippen LogP contribution in [0.15, 0.2) is 30.3 Å². The number of nitrogens with one attached hydrogen (secondary N) is 3. The summed E-state index contributed by atoms with van der Waals surface area (Å²) in [4.78, 5) is 18.3. The number of carbonyl (C=O) groups excluding carboxylic acids is 1. The summed E-state index contributed by atoms with van der Waals surface area (Å²) in [5.74, 6) is -1.94. The van der Waals surface area contributed by atoms with Crippen molar-refractivity contribution < 1.29 is 41.1 Å². The monoisotopic (exact) mass is 397 g/mol. The van der Waals surface area contributed by atoms with E-state index in [-0.39, 0.29) is 5.69 Å². The molecule has 0 fully saturated rings. The van der Waals surface area contributed by atoms with E-state index in [4.69, 9.17) is 5.21 Å². The standard InChI is InChI=1S/C13H9F6N5O3/c14-12(15,16)8-5-9(24-26)22-10(21-8)23-11(25)20-6-1-3-7(4-2-6)27-13(17,18)19/h1-5,26H,(H3,20,21,22,23,24,25). The van der Waals surface area contributed by atoms with Gasteiger partial charge in [0.1, 0.15) is 5.75 Å². The largest absolute Gasteiger partial charge is 0.573 e. The molecule has 14 heteroatoms. The first-order valence-corrected chi connectivity index (χ1v) is 6.76. The van der Waals surface area contributed by atoms with Crippen molar-refractivity contribution in [3.05, 3.63) is 36.0 Å². The smallest absolute Gasteiger partial charge is 0.406 e. The molecular formula is C13H9F6N5O3. The summed E-state index contributed by atoms with van der Waals surface area (Å²) in [6, 6.07) is 3.28. The highest BCUT2D eigenvalue weighted by atomic mass is 19.4. The number of alkyl halides is 6. The minimum absolute atomic E-state index is 0.00880. The lowest BCUT2D eigenvalue weighted by molar-refractivity contribution is -0.274. The molecule has 2 aromatic rings. The van der Waals surface area contributed by atoms with Gasteiger partial charge in [-0.25, -0.2) is 9.78 Å². The Labute approximate surface area is 146 Å². The zero-order valence-corrected chi connectivity index (χ0v) is 12.8. The number of hydrogen-bond acceptors (Lipinski definition) is 6. The van der Waals surface area contributed by atoms with Gasteiger partial charge >= 0.3 is 18.6 Å². The molecular weight excluding hydrogens is 388 g/mol. The Morgan fingerprint density at radius 2 is 1.63 bits per heavy atom. The van der Waals surface area contributed by atoms with Crippen molar-refractivity contribution in [3.8, 4) is 5.75 Å². The van der Waals surface area contributed by atoms with Crippen molar-refractivity contribution in [1.29, 1.82) is 0 Å². The van der Waals surface area contributed by atoms with Crippen LogP contribution in [0.5, 0.6) is 5.75 Å². The van der Waals surface area contributed by atoms with Crippen molar-refractivity contribution in [1.82, 2.24) is 9.97 Å². The van der Waals surface area contributed by atoms with Gasteiger partial charge in [0, 0.05) is 11.8 Å². The molecule has 2 amide bonds.